The minimum atomic E-state index is -0.330. The van der Waals surface area contributed by atoms with E-state index in [9.17, 15) is 9.90 Å². The maximum atomic E-state index is 11.9. The van der Waals surface area contributed by atoms with Gasteiger partial charge in [0.1, 0.15) is 5.75 Å². The topological polar surface area (TPSA) is 74.6 Å². The Morgan fingerprint density at radius 1 is 1.45 bits per heavy atom. The first-order valence-electron chi connectivity index (χ1n) is 6.45. The number of pyridine rings is 1. The third-order valence-electron chi connectivity index (χ3n) is 2.67. The van der Waals surface area contributed by atoms with Crippen molar-refractivity contribution in [3.63, 3.8) is 0 Å². The molecule has 1 aromatic carbocycles. The molecule has 114 valence electrons. The van der Waals surface area contributed by atoms with Crippen molar-refractivity contribution in [3.8, 4) is 5.75 Å². The first-order valence-corrected chi connectivity index (χ1v) is 8.12. The Kier molecular flexibility index (Phi) is 5.97. The Hall–Kier alpha value is -1.86. The molecule has 0 aliphatic heterocycles. The van der Waals surface area contributed by atoms with E-state index in [4.69, 9.17) is 0 Å². The summed E-state index contributed by atoms with van der Waals surface area (Å²) in [6.45, 7) is 1.78. The number of benzene rings is 1. The third-order valence-corrected chi connectivity index (χ3v) is 4.22. The summed E-state index contributed by atoms with van der Waals surface area (Å²) in [6.07, 6.45) is 3.08. The minimum absolute atomic E-state index is 0.0945. The molecule has 0 spiro atoms. The molecule has 2 N–H and O–H groups in total. The van der Waals surface area contributed by atoms with Crippen LogP contribution in [0.1, 0.15) is 12.5 Å². The van der Waals surface area contributed by atoms with Crippen LogP contribution in [0.25, 0.3) is 0 Å². The molecule has 1 aromatic heterocycles. The maximum absolute atomic E-state index is 11.9. The fourth-order valence-electron chi connectivity index (χ4n) is 1.54. The Bertz CT molecular complexity index is 680. The van der Waals surface area contributed by atoms with Crippen LogP contribution in [0.2, 0.25) is 0 Å². The lowest BCUT2D eigenvalue weighted by atomic mass is 10.2. The number of hydrogen-bond acceptors (Lipinski definition) is 5. The Morgan fingerprint density at radius 2 is 2.27 bits per heavy atom. The second-order valence-corrected chi connectivity index (χ2v) is 6.64. The highest BCUT2D eigenvalue weighted by molar-refractivity contribution is 9.10. The Morgan fingerprint density at radius 3 is 3.00 bits per heavy atom. The summed E-state index contributed by atoms with van der Waals surface area (Å²) in [4.78, 5) is 16.1. The van der Waals surface area contributed by atoms with Gasteiger partial charge in [-0.1, -0.05) is 33.8 Å². The number of halogens is 1. The largest absolute Gasteiger partial charge is 0.507 e. The lowest BCUT2D eigenvalue weighted by Crippen LogP contribution is -2.26. The molecule has 1 amide bonds. The molecular formula is C15H14BrN3O2S. The van der Waals surface area contributed by atoms with Gasteiger partial charge >= 0.3 is 0 Å². The number of carbonyl (C=O) groups excluding carboxylic acids is 1. The summed E-state index contributed by atoms with van der Waals surface area (Å²) >= 11 is 4.66. The van der Waals surface area contributed by atoms with Crippen LogP contribution in [0.3, 0.4) is 0 Å². The number of phenolic OH excluding ortho intramolecular Hbond substituents is 1. The van der Waals surface area contributed by atoms with E-state index in [1.807, 2.05) is 18.2 Å². The summed E-state index contributed by atoms with van der Waals surface area (Å²) in [7, 11) is 0. The average Bonchev–Trinajstić information content (AvgIpc) is 2.51. The quantitative estimate of drug-likeness (QED) is 0.475. The van der Waals surface area contributed by atoms with Gasteiger partial charge in [-0.3, -0.25) is 4.79 Å². The molecule has 22 heavy (non-hydrogen) atoms. The van der Waals surface area contributed by atoms with Gasteiger partial charge in [-0.2, -0.15) is 5.10 Å². The maximum Gasteiger partial charge on any atom is 0.253 e. The zero-order valence-electron chi connectivity index (χ0n) is 11.7. The number of rotatable bonds is 5. The fraction of sp³-hybridized carbons (Fsp3) is 0.133. The molecule has 1 heterocycles. The molecule has 0 unspecified atom stereocenters. The minimum Gasteiger partial charge on any atom is -0.507 e. The van der Waals surface area contributed by atoms with Crippen LogP contribution in [0, 0.1) is 0 Å². The van der Waals surface area contributed by atoms with E-state index >= 15 is 0 Å². The van der Waals surface area contributed by atoms with Gasteiger partial charge in [0.25, 0.3) is 5.91 Å². The zero-order valence-corrected chi connectivity index (χ0v) is 14.1. The van der Waals surface area contributed by atoms with Crippen molar-refractivity contribution in [3.05, 3.63) is 52.6 Å². The molecule has 2 rings (SSSR count). The number of thioether (sulfide) groups is 1. The standard InChI is InChI=1S/C15H14BrN3O2S/c1-10(22-14-4-2-3-7-17-14)15(21)19-18-9-11-8-12(16)5-6-13(11)20/h2-10,20H,1H3,(H,19,21)/b18-9+/t10-/m1/s1. The molecule has 2 aromatic rings. The number of amides is 1. The van der Waals surface area contributed by atoms with E-state index in [1.54, 1.807) is 31.3 Å². The van der Waals surface area contributed by atoms with Crippen molar-refractivity contribution < 1.29 is 9.90 Å². The van der Waals surface area contributed by atoms with Crippen LogP contribution in [-0.4, -0.2) is 27.5 Å². The highest BCUT2D eigenvalue weighted by Gasteiger charge is 2.14. The van der Waals surface area contributed by atoms with Gasteiger partial charge in [-0.25, -0.2) is 10.4 Å². The van der Waals surface area contributed by atoms with Crippen molar-refractivity contribution in [1.29, 1.82) is 0 Å². The summed E-state index contributed by atoms with van der Waals surface area (Å²) in [5.74, 6) is -0.140. The molecule has 0 saturated carbocycles. The van der Waals surface area contributed by atoms with E-state index in [-0.39, 0.29) is 16.9 Å². The number of hydrazone groups is 1. The normalized spacial score (nSPS) is 12.3. The number of phenols is 1. The van der Waals surface area contributed by atoms with Gasteiger partial charge in [0.15, 0.2) is 0 Å². The second-order valence-electron chi connectivity index (χ2n) is 4.37. The van der Waals surface area contributed by atoms with Crippen molar-refractivity contribution in [2.24, 2.45) is 5.10 Å². The molecule has 0 aliphatic carbocycles. The molecular weight excluding hydrogens is 366 g/mol. The first kappa shape index (κ1) is 16.5. The monoisotopic (exact) mass is 379 g/mol. The zero-order chi connectivity index (χ0) is 15.9. The first-order chi connectivity index (χ1) is 10.6. The van der Waals surface area contributed by atoms with Crippen LogP contribution in [0.15, 0.2) is 57.2 Å². The highest BCUT2D eigenvalue weighted by atomic mass is 79.9. The predicted octanol–water partition coefficient (Wildman–Crippen LogP) is 3.18. The Labute approximate surface area is 141 Å². The molecule has 7 heteroatoms. The molecule has 5 nitrogen and oxygen atoms in total. The fourth-order valence-corrected chi connectivity index (χ4v) is 2.72. The number of nitrogens with zero attached hydrogens (tertiary/aromatic N) is 2. The predicted molar refractivity (Wildman–Crippen MR) is 91.1 cm³/mol. The van der Waals surface area contributed by atoms with E-state index in [1.165, 1.54) is 18.0 Å². The van der Waals surface area contributed by atoms with E-state index in [0.29, 0.717) is 5.56 Å². The lowest BCUT2D eigenvalue weighted by molar-refractivity contribution is -0.120. The van der Waals surface area contributed by atoms with Crippen molar-refractivity contribution in [2.75, 3.05) is 0 Å². The van der Waals surface area contributed by atoms with Gasteiger partial charge in [0.2, 0.25) is 0 Å². The van der Waals surface area contributed by atoms with Crippen LogP contribution >= 0.6 is 27.7 Å². The summed E-state index contributed by atoms with van der Waals surface area (Å²) in [5, 5.41) is 14.0. The van der Waals surface area contributed by atoms with Crippen LogP contribution in [-0.2, 0) is 4.79 Å². The number of carbonyl (C=O) groups is 1. The average molecular weight is 380 g/mol. The van der Waals surface area contributed by atoms with Crippen LogP contribution in [0.5, 0.6) is 5.75 Å². The molecule has 0 aliphatic rings. The SMILES string of the molecule is C[C@@H](Sc1ccccn1)C(=O)N/N=C/c1cc(Br)ccc1O. The van der Waals surface area contributed by atoms with Gasteiger partial charge in [0.05, 0.1) is 16.5 Å². The smallest absolute Gasteiger partial charge is 0.253 e. The Balaban J connectivity index is 1.91. The summed E-state index contributed by atoms with van der Waals surface area (Å²) in [6, 6.07) is 10.5. The number of nitrogens with one attached hydrogen (secondary N) is 1. The summed E-state index contributed by atoms with van der Waals surface area (Å²) in [5.41, 5.74) is 2.97. The third kappa shape index (κ3) is 4.85. The molecule has 0 fully saturated rings. The van der Waals surface area contributed by atoms with Crippen molar-refractivity contribution >= 4 is 39.8 Å². The molecule has 0 saturated heterocycles. The summed E-state index contributed by atoms with van der Waals surface area (Å²) < 4.78 is 0.817. The van der Waals surface area contributed by atoms with Crippen molar-refractivity contribution in [2.45, 2.75) is 17.2 Å². The van der Waals surface area contributed by atoms with Gasteiger partial charge in [0, 0.05) is 16.2 Å². The van der Waals surface area contributed by atoms with Crippen LogP contribution < -0.4 is 5.43 Å². The molecule has 0 radical (unpaired) electrons. The van der Waals surface area contributed by atoms with E-state index in [0.717, 1.165) is 9.50 Å². The van der Waals surface area contributed by atoms with Gasteiger partial charge in [-0.15, -0.1) is 0 Å². The van der Waals surface area contributed by atoms with E-state index < -0.39 is 0 Å². The molecule has 1 atom stereocenters. The van der Waals surface area contributed by atoms with Crippen LogP contribution in [0.4, 0.5) is 0 Å². The highest BCUT2D eigenvalue weighted by Crippen LogP contribution is 2.21. The lowest BCUT2D eigenvalue weighted by Gasteiger charge is -2.08. The van der Waals surface area contributed by atoms with Gasteiger partial charge in [-0.05, 0) is 37.3 Å². The number of aromatic nitrogens is 1. The van der Waals surface area contributed by atoms with E-state index in [2.05, 4.69) is 31.4 Å². The second kappa shape index (κ2) is 7.95. The number of hydrogen-bond donors (Lipinski definition) is 2. The van der Waals surface area contributed by atoms with Crippen molar-refractivity contribution in [1.82, 2.24) is 10.4 Å². The molecule has 0 bridgehead atoms. The van der Waals surface area contributed by atoms with Gasteiger partial charge < -0.3 is 5.11 Å². The number of aromatic hydroxyl groups is 1.